The van der Waals surface area contributed by atoms with E-state index in [1.807, 2.05) is 19.1 Å². The molecule has 0 aliphatic heterocycles. The van der Waals surface area contributed by atoms with Gasteiger partial charge in [-0.25, -0.2) is 8.78 Å². The lowest BCUT2D eigenvalue weighted by Crippen LogP contribution is -2.12. The highest BCUT2D eigenvalue weighted by molar-refractivity contribution is 7.80. The second-order valence-electron chi connectivity index (χ2n) is 4.14. The van der Waals surface area contributed by atoms with E-state index in [0.29, 0.717) is 16.9 Å². The summed E-state index contributed by atoms with van der Waals surface area (Å²) in [4.78, 5) is 0.225. The number of nitrogens with two attached hydrogens (primary N) is 1. The molecular formula is C14H12F2N2S. The molecule has 0 atom stereocenters. The van der Waals surface area contributed by atoms with Crippen LogP contribution in [0.4, 0.5) is 20.2 Å². The van der Waals surface area contributed by atoms with Crippen LogP contribution >= 0.6 is 12.2 Å². The van der Waals surface area contributed by atoms with Gasteiger partial charge in [-0.15, -0.1) is 0 Å². The fourth-order valence-corrected chi connectivity index (χ4v) is 1.98. The highest BCUT2D eigenvalue weighted by atomic mass is 32.1. The van der Waals surface area contributed by atoms with Crippen molar-refractivity contribution >= 4 is 28.6 Å². The first-order valence-electron chi connectivity index (χ1n) is 5.60. The molecule has 0 amide bonds. The molecule has 0 saturated heterocycles. The number of halogens is 2. The third-order valence-corrected chi connectivity index (χ3v) is 2.89. The summed E-state index contributed by atoms with van der Waals surface area (Å²) in [6.07, 6.45) is 0. The van der Waals surface area contributed by atoms with Crippen molar-refractivity contribution in [3.05, 3.63) is 59.2 Å². The predicted molar refractivity (Wildman–Crippen MR) is 76.7 cm³/mol. The molecule has 0 heterocycles. The topological polar surface area (TPSA) is 38.0 Å². The summed E-state index contributed by atoms with van der Waals surface area (Å²) in [6.45, 7) is 1.86. The molecule has 2 aromatic carbocycles. The molecule has 0 bridgehead atoms. The fraction of sp³-hybridized carbons (Fsp3) is 0.0714. The van der Waals surface area contributed by atoms with E-state index < -0.39 is 11.6 Å². The van der Waals surface area contributed by atoms with Gasteiger partial charge in [0.2, 0.25) is 0 Å². The minimum Gasteiger partial charge on any atom is -0.389 e. The van der Waals surface area contributed by atoms with Gasteiger partial charge in [0.05, 0.1) is 5.69 Å². The fourth-order valence-electron chi connectivity index (χ4n) is 1.81. The van der Waals surface area contributed by atoms with E-state index in [9.17, 15) is 8.78 Å². The molecule has 3 N–H and O–H groups in total. The second kappa shape index (κ2) is 5.32. The van der Waals surface area contributed by atoms with Gasteiger partial charge < -0.3 is 11.1 Å². The highest BCUT2D eigenvalue weighted by Gasteiger charge is 2.09. The van der Waals surface area contributed by atoms with Gasteiger partial charge in [-0.3, -0.25) is 0 Å². The maximum absolute atomic E-state index is 13.2. The van der Waals surface area contributed by atoms with Crippen LogP contribution in [0.15, 0.2) is 36.4 Å². The van der Waals surface area contributed by atoms with Crippen molar-refractivity contribution in [2.75, 3.05) is 5.32 Å². The Labute approximate surface area is 115 Å². The Morgan fingerprint density at radius 1 is 1.16 bits per heavy atom. The Morgan fingerprint density at radius 3 is 2.37 bits per heavy atom. The minimum absolute atomic E-state index is 0.225. The number of thiocarbonyl (C=S) groups is 1. The van der Waals surface area contributed by atoms with Gasteiger partial charge in [-0.1, -0.05) is 24.4 Å². The molecule has 0 saturated carbocycles. The Hall–Kier alpha value is -2.01. The van der Waals surface area contributed by atoms with Crippen molar-refractivity contribution in [2.24, 2.45) is 5.73 Å². The summed E-state index contributed by atoms with van der Waals surface area (Å²) in [6, 6.07) is 8.67. The van der Waals surface area contributed by atoms with Crippen LogP contribution in [0.1, 0.15) is 11.1 Å². The largest absolute Gasteiger partial charge is 0.389 e. The Morgan fingerprint density at radius 2 is 1.79 bits per heavy atom. The summed E-state index contributed by atoms with van der Waals surface area (Å²) in [5.74, 6) is -1.29. The van der Waals surface area contributed by atoms with Gasteiger partial charge in [0.25, 0.3) is 0 Å². The van der Waals surface area contributed by atoms with E-state index in [0.717, 1.165) is 11.6 Å². The number of hydrogen-bond acceptors (Lipinski definition) is 2. The van der Waals surface area contributed by atoms with Crippen LogP contribution < -0.4 is 11.1 Å². The number of anilines is 2. The van der Waals surface area contributed by atoms with Gasteiger partial charge in [0.15, 0.2) is 0 Å². The zero-order chi connectivity index (χ0) is 14.0. The van der Waals surface area contributed by atoms with Crippen molar-refractivity contribution in [1.82, 2.24) is 0 Å². The average molecular weight is 278 g/mol. The Balaban J connectivity index is 2.45. The van der Waals surface area contributed by atoms with Crippen LogP contribution in [0.2, 0.25) is 0 Å². The van der Waals surface area contributed by atoms with Crippen LogP contribution in [0.25, 0.3) is 0 Å². The molecule has 0 spiro atoms. The second-order valence-corrected chi connectivity index (χ2v) is 4.58. The first-order chi connectivity index (χ1) is 8.97. The third kappa shape index (κ3) is 3.06. The van der Waals surface area contributed by atoms with E-state index in [1.54, 1.807) is 6.07 Å². The van der Waals surface area contributed by atoms with Crippen LogP contribution in [0.5, 0.6) is 0 Å². The monoisotopic (exact) mass is 278 g/mol. The summed E-state index contributed by atoms with van der Waals surface area (Å²) < 4.78 is 26.3. The number of hydrogen-bond donors (Lipinski definition) is 2. The summed E-state index contributed by atoms with van der Waals surface area (Å²) in [5.41, 5.74) is 8.13. The molecule has 0 aliphatic rings. The SMILES string of the molecule is Cc1cccc(C(N)=S)c1Nc1cc(F)cc(F)c1. The van der Waals surface area contributed by atoms with Crippen LogP contribution in [-0.4, -0.2) is 4.99 Å². The lowest BCUT2D eigenvalue weighted by atomic mass is 10.1. The summed E-state index contributed by atoms with van der Waals surface area (Å²) in [5, 5.41) is 2.96. The molecule has 98 valence electrons. The molecule has 2 aromatic rings. The van der Waals surface area contributed by atoms with Gasteiger partial charge in [-0.2, -0.15) is 0 Å². The first-order valence-corrected chi connectivity index (χ1v) is 6.01. The van der Waals surface area contributed by atoms with Crippen LogP contribution in [0, 0.1) is 18.6 Å². The van der Waals surface area contributed by atoms with E-state index in [4.69, 9.17) is 18.0 Å². The normalized spacial score (nSPS) is 10.3. The zero-order valence-corrected chi connectivity index (χ0v) is 11.0. The molecular weight excluding hydrogens is 266 g/mol. The quantitative estimate of drug-likeness (QED) is 0.842. The molecule has 0 unspecified atom stereocenters. The van der Waals surface area contributed by atoms with E-state index in [2.05, 4.69) is 5.32 Å². The van der Waals surface area contributed by atoms with E-state index >= 15 is 0 Å². The van der Waals surface area contributed by atoms with Crippen LogP contribution in [-0.2, 0) is 0 Å². The van der Waals surface area contributed by atoms with Crippen molar-refractivity contribution in [3.8, 4) is 0 Å². The van der Waals surface area contributed by atoms with Gasteiger partial charge in [-0.05, 0) is 30.7 Å². The van der Waals surface area contributed by atoms with Gasteiger partial charge in [0, 0.05) is 17.3 Å². The molecule has 0 aliphatic carbocycles. The molecule has 0 fully saturated rings. The molecule has 5 heteroatoms. The number of rotatable bonds is 3. The standard InChI is InChI=1S/C14H12F2N2S/c1-8-3-2-4-12(14(17)19)13(8)18-11-6-9(15)5-10(16)7-11/h2-7,18H,1H3,(H2,17,19). The number of nitrogens with one attached hydrogen (secondary N) is 1. The first kappa shape index (κ1) is 13.4. The predicted octanol–water partition coefficient (Wildman–Crippen LogP) is 3.65. The maximum Gasteiger partial charge on any atom is 0.128 e. The summed E-state index contributed by atoms with van der Waals surface area (Å²) in [7, 11) is 0. The van der Waals surface area contributed by atoms with Crippen molar-refractivity contribution in [1.29, 1.82) is 0 Å². The average Bonchev–Trinajstić information content (AvgIpc) is 2.30. The molecule has 0 aromatic heterocycles. The van der Waals surface area contributed by atoms with Crippen molar-refractivity contribution < 1.29 is 8.78 Å². The molecule has 2 nitrogen and oxygen atoms in total. The van der Waals surface area contributed by atoms with Gasteiger partial charge in [0.1, 0.15) is 16.6 Å². The molecule has 19 heavy (non-hydrogen) atoms. The van der Waals surface area contributed by atoms with Crippen molar-refractivity contribution in [2.45, 2.75) is 6.92 Å². The molecule has 0 radical (unpaired) electrons. The van der Waals surface area contributed by atoms with Gasteiger partial charge >= 0.3 is 0 Å². The Kier molecular flexibility index (Phi) is 3.76. The maximum atomic E-state index is 13.2. The summed E-state index contributed by atoms with van der Waals surface area (Å²) >= 11 is 4.97. The lowest BCUT2D eigenvalue weighted by molar-refractivity contribution is 0.584. The van der Waals surface area contributed by atoms with Crippen LogP contribution in [0.3, 0.4) is 0 Å². The highest BCUT2D eigenvalue weighted by Crippen LogP contribution is 2.25. The smallest absolute Gasteiger partial charge is 0.128 e. The van der Waals surface area contributed by atoms with Crippen molar-refractivity contribution in [3.63, 3.8) is 0 Å². The molecule has 2 rings (SSSR count). The number of benzene rings is 2. The zero-order valence-electron chi connectivity index (χ0n) is 10.2. The minimum atomic E-state index is -0.645. The number of para-hydroxylation sites is 1. The lowest BCUT2D eigenvalue weighted by Gasteiger charge is -2.14. The number of aryl methyl sites for hydroxylation is 1. The van der Waals surface area contributed by atoms with E-state index in [1.165, 1.54) is 12.1 Å². The third-order valence-electron chi connectivity index (χ3n) is 2.67. The Bertz CT molecular complexity index is 621. The van der Waals surface area contributed by atoms with E-state index in [-0.39, 0.29) is 4.99 Å².